The molecular weight excluding hydrogens is 300 g/mol. The third-order valence-corrected chi connectivity index (χ3v) is 4.38. The molecule has 1 aromatic carbocycles. The lowest BCUT2D eigenvalue weighted by Gasteiger charge is -2.26. The van der Waals surface area contributed by atoms with Crippen LogP contribution in [0.5, 0.6) is 0 Å². The first-order valence-corrected chi connectivity index (χ1v) is 6.81. The lowest BCUT2D eigenvalue weighted by atomic mass is 10.1. The Labute approximate surface area is 111 Å². The zero-order chi connectivity index (χ0) is 11.8. The van der Waals surface area contributed by atoms with Gasteiger partial charge in [-0.15, -0.1) is 11.3 Å². The average Bonchev–Trinajstić information content (AvgIpc) is 2.76. The Morgan fingerprint density at radius 1 is 1.24 bits per heavy atom. The fraction of sp³-hybridized carbons (Fsp3) is 0.0833. The molecule has 86 valence electrons. The summed E-state index contributed by atoms with van der Waals surface area (Å²) in [6.45, 7) is 0. The van der Waals surface area contributed by atoms with Crippen LogP contribution in [0.2, 0.25) is 0 Å². The number of fused-ring (bicyclic) bond motifs is 1. The van der Waals surface area contributed by atoms with Crippen molar-refractivity contribution in [3.05, 3.63) is 50.6 Å². The van der Waals surface area contributed by atoms with Crippen molar-refractivity contribution in [2.24, 2.45) is 0 Å². The molecule has 1 aromatic heterocycles. The summed E-state index contributed by atoms with van der Waals surface area (Å²) < 4.78 is 1.03. The number of nitrogens with one attached hydrogen (secondary N) is 2. The number of para-hydroxylation sites is 1. The fourth-order valence-electron chi connectivity index (χ4n) is 1.83. The normalized spacial score (nSPS) is 18.2. The highest BCUT2D eigenvalue weighted by atomic mass is 79.9. The number of carbonyl (C=O) groups excluding carboxylic acids is 1. The van der Waals surface area contributed by atoms with Gasteiger partial charge in [-0.05, 0) is 34.1 Å². The Morgan fingerprint density at radius 3 is 2.82 bits per heavy atom. The van der Waals surface area contributed by atoms with Gasteiger partial charge >= 0.3 is 0 Å². The molecule has 3 rings (SSSR count). The first-order chi connectivity index (χ1) is 8.24. The van der Waals surface area contributed by atoms with Gasteiger partial charge in [0.05, 0.1) is 5.56 Å². The molecule has 0 radical (unpaired) electrons. The maximum absolute atomic E-state index is 11.9. The molecule has 5 heteroatoms. The quantitative estimate of drug-likeness (QED) is 0.848. The van der Waals surface area contributed by atoms with E-state index in [1.807, 2.05) is 35.7 Å². The van der Waals surface area contributed by atoms with Gasteiger partial charge in [-0.3, -0.25) is 4.79 Å². The predicted molar refractivity (Wildman–Crippen MR) is 72.3 cm³/mol. The Morgan fingerprint density at radius 2 is 2.06 bits per heavy atom. The highest BCUT2D eigenvalue weighted by Crippen LogP contribution is 2.30. The van der Waals surface area contributed by atoms with Crippen molar-refractivity contribution in [3.8, 4) is 0 Å². The number of amides is 1. The third kappa shape index (κ3) is 1.96. The van der Waals surface area contributed by atoms with E-state index in [0.717, 1.165) is 15.0 Å². The summed E-state index contributed by atoms with van der Waals surface area (Å²) in [6, 6.07) is 9.53. The second-order valence-electron chi connectivity index (χ2n) is 3.76. The maximum atomic E-state index is 11.9. The molecule has 1 aliphatic rings. The molecule has 0 spiro atoms. The van der Waals surface area contributed by atoms with Crippen LogP contribution in [-0.4, -0.2) is 5.91 Å². The Kier molecular flexibility index (Phi) is 2.64. The van der Waals surface area contributed by atoms with Gasteiger partial charge < -0.3 is 10.6 Å². The van der Waals surface area contributed by atoms with E-state index >= 15 is 0 Å². The van der Waals surface area contributed by atoms with Gasteiger partial charge in [-0.25, -0.2) is 0 Å². The van der Waals surface area contributed by atoms with E-state index in [1.54, 1.807) is 11.3 Å². The van der Waals surface area contributed by atoms with Crippen LogP contribution in [-0.2, 0) is 0 Å². The first-order valence-electron chi connectivity index (χ1n) is 5.14. The zero-order valence-corrected chi connectivity index (χ0v) is 11.1. The van der Waals surface area contributed by atoms with Crippen LogP contribution < -0.4 is 10.6 Å². The van der Waals surface area contributed by atoms with Gasteiger partial charge in [0.2, 0.25) is 0 Å². The number of anilines is 1. The van der Waals surface area contributed by atoms with Crippen LogP contribution >= 0.6 is 27.3 Å². The SMILES string of the molecule is O=C1N[C@H](c2cc(Br)cs2)Nc2ccccc21. The number of benzene rings is 1. The maximum Gasteiger partial charge on any atom is 0.255 e. The van der Waals surface area contributed by atoms with E-state index in [9.17, 15) is 4.79 Å². The van der Waals surface area contributed by atoms with E-state index < -0.39 is 0 Å². The van der Waals surface area contributed by atoms with E-state index in [0.29, 0.717) is 5.56 Å². The van der Waals surface area contributed by atoms with Crippen LogP contribution in [0.3, 0.4) is 0 Å². The summed E-state index contributed by atoms with van der Waals surface area (Å²) in [6.07, 6.45) is -0.145. The van der Waals surface area contributed by atoms with E-state index in [-0.39, 0.29) is 12.1 Å². The third-order valence-electron chi connectivity index (χ3n) is 2.62. The molecule has 0 saturated carbocycles. The Balaban J connectivity index is 1.96. The molecule has 0 fully saturated rings. The molecule has 2 aromatic rings. The van der Waals surface area contributed by atoms with Crippen molar-refractivity contribution in [3.63, 3.8) is 0 Å². The molecule has 0 bridgehead atoms. The molecule has 1 amide bonds. The standard InChI is InChI=1S/C12H9BrN2OS/c13-7-5-10(17-6-7)11-14-9-4-2-1-3-8(9)12(16)15-11/h1-6,11,14H,(H,15,16)/t11-/m1/s1. The molecule has 2 N–H and O–H groups in total. The average molecular weight is 309 g/mol. The Bertz CT molecular complexity index is 581. The van der Waals surface area contributed by atoms with E-state index in [2.05, 4.69) is 26.6 Å². The molecule has 17 heavy (non-hydrogen) atoms. The van der Waals surface area contributed by atoms with Crippen molar-refractivity contribution in [2.45, 2.75) is 6.17 Å². The van der Waals surface area contributed by atoms with Crippen molar-refractivity contribution in [2.75, 3.05) is 5.32 Å². The van der Waals surface area contributed by atoms with Crippen LogP contribution in [0.4, 0.5) is 5.69 Å². The van der Waals surface area contributed by atoms with Crippen molar-refractivity contribution in [1.29, 1.82) is 0 Å². The lowest BCUT2D eigenvalue weighted by Crippen LogP contribution is -2.37. The van der Waals surface area contributed by atoms with Gasteiger partial charge in [0.25, 0.3) is 5.91 Å². The molecular formula is C12H9BrN2OS. The second kappa shape index (κ2) is 4.16. The largest absolute Gasteiger partial charge is 0.360 e. The highest BCUT2D eigenvalue weighted by molar-refractivity contribution is 9.10. The minimum Gasteiger partial charge on any atom is -0.360 e. The summed E-state index contributed by atoms with van der Waals surface area (Å²) in [5.41, 5.74) is 1.57. The second-order valence-corrected chi connectivity index (χ2v) is 5.62. The summed E-state index contributed by atoms with van der Waals surface area (Å²) in [5, 5.41) is 8.26. The molecule has 3 nitrogen and oxygen atoms in total. The van der Waals surface area contributed by atoms with Crippen molar-refractivity contribution < 1.29 is 4.79 Å². The van der Waals surface area contributed by atoms with E-state index in [4.69, 9.17) is 0 Å². The summed E-state index contributed by atoms with van der Waals surface area (Å²) in [7, 11) is 0. The Hall–Kier alpha value is -1.33. The number of hydrogen-bond donors (Lipinski definition) is 2. The van der Waals surface area contributed by atoms with Gasteiger partial charge in [-0.2, -0.15) is 0 Å². The van der Waals surface area contributed by atoms with Crippen molar-refractivity contribution in [1.82, 2.24) is 5.32 Å². The van der Waals surface area contributed by atoms with Crippen LogP contribution in [0.15, 0.2) is 40.2 Å². The van der Waals surface area contributed by atoms with Gasteiger partial charge in [0.1, 0.15) is 6.17 Å². The van der Waals surface area contributed by atoms with Gasteiger partial charge in [-0.1, -0.05) is 12.1 Å². The minimum absolute atomic E-state index is 0.0335. The van der Waals surface area contributed by atoms with Crippen LogP contribution in [0.1, 0.15) is 21.4 Å². The number of rotatable bonds is 1. The predicted octanol–water partition coefficient (Wildman–Crippen LogP) is 3.36. The zero-order valence-electron chi connectivity index (χ0n) is 8.74. The lowest BCUT2D eigenvalue weighted by molar-refractivity contribution is 0.0936. The molecule has 1 atom stereocenters. The summed E-state index contributed by atoms with van der Waals surface area (Å²) >= 11 is 5.02. The van der Waals surface area contributed by atoms with Gasteiger partial charge in [0, 0.05) is 20.4 Å². The highest BCUT2D eigenvalue weighted by Gasteiger charge is 2.24. The number of hydrogen-bond acceptors (Lipinski definition) is 3. The minimum atomic E-state index is -0.145. The van der Waals surface area contributed by atoms with Gasteiger partial charge in [0.15, 0.2) is 0 Å². The van der Waals surface area contributed by atoms with Crippen molar-refractivity contribution >= 4 is 38.9 Å². The summed E-state index contributed by atoms with van der Waals surface area (Å²) in [4.78, 5) is 13.0. The molecule has 0 saturated heterocycles. The smallest absolute Gasteiger partial charge is 0.255 e. The van der Waals surface area contributed by atoms with E-state index in [1.165, 1.54) is 0 Å². The number of halogens is 1. The molecule has 0 aliphatic carbocycles. The molecule has 0 unspecified atom stereocenters. The molecule has 1 aliphatic heterocycles. The monoisotopic (exact) mass is 308 g/mol. The summed E-state index contributed by atoms with van der Waals surface area (Å²) in [5.74, 6) is -0.0335. The number of carbonyl (C=O) groups is 1. The molecule has 2 heterocycles. The van der Waals surface area contributed by atoms with Crippen LogP contribution in [0, 0.1) is 0 Å². The topological polar surface area (TPSA) is 41.1 Å². The fourth-order valence-corrected chi connectivity index (χ4v) is 3.27. The number of thiophene rings is 1. The first kappa shape index (κ1) is 10.8. The van der Waals surface area contributed by atoms with Crippen LogP contribution in [0.25, 0.3) is 0 Å².